The van der Waals surface area contributed by atoms with Crippen LogP contribution >= 0.6 is 15.9 Å². The van der Waals surface area contributed by atoms with Crippen molar-refractivity contribution < 1.29 is 9.90 Å². The summed E-state index contributed by atoms with van der Waals surface area (Å²) in [6.45, 7) is 1.61. The second-order valence-electron chi connectivity index (χ2n) is 3.61. The highest BCUT2D eigenvalue weighted by atomic mass is 79.9. The van der Waals surface area contributed by atoms with E-state index in [2.05, 4.69) is 26.2 Å². The van der Waals surface area contributed by atoms with E-state index in [1.807, 2.05) is 24.3 Å². The number of hydrogen-bond acceptors (Lipinski definition) is 3. The Labute approximate surface area is 106 Å². The molecule has 1 aromatic carbocycles. The van der Waals surface area contributed by atoms with Crippen LogP contribution in [0.4, 0.5) is 0 Å². The molecule has 0 saturated carbocycles. The molecule has 0 aliphatic rings. The van der Waals surface area contributed by atoms with Crippen molar-refractivity contribution in [2.45, 2.75) is 12.8 Å². The molecule has 0 aliphatic carbocycles. The van der Waals surface area contributed by atoms with Crippen LogP contribution in [-0.4, -0.2) is 26.1 Å². The molecule has 0 saturated heterocycles. The summed E-state index contributed by atoms with van der Waals surface area (Å²) in [4.78, 5) is 11.0. The van der Waals surface area contributed by atoms with Crippen molar-refractivity contribution in [2.75, 3.05) is 0 Å². The molecule has 88 valence electrons. The van der Waals surface area contributed by atoms with E-state index in [1.165, 1.54) is 10.9 Å². The summed E-state index contributed by atoms with van der Waals surface area (Å²) in [5.74, 6) is -1.55. The number of rotatable bonds is 3. The summed E-state index contributed by atoms with van der Waals surface area (Å²) in [5, 5.41) is 16.7. The van der Waals surface area contributed by atoms with Crippen LogP contribution in [0.3, 0.4) is 0 Å². The van der Waals surface area contributed by atoms with Gasteiger partial charge in [-0.1, -0.05) is 27.2 Å². The van der Waals surface area contributed by atoms with Crippen molar-refractivity contribution >= 4 is 21.9 Å². The third kappa shape index (κ3) is 2.36. The highest BCUT2D eigenvalue weighted by Gasteiger charge is 2.19. The number of carboxylic acid groups (broad SMARTS) is 1. The lowest BCUT2D eigenvalue weighted by Gasteiger charge is -2.09. The summed E-state index contributed by atoms with van der Waals surface area (Å²) in [6.07, 6.45) is 1.47. The van der Waals surface area contributed by atoms with Gasteiger partial charge in [0.2, 0.25) is 0 Å². The van der Waals surface area contributed by atoms with Crippen LogP contribution < -0.4 is 0 Å². The highest BCUT2D eigenvalue weighted by Crippen LogP contribution is 2.20. The lowest BCUT2D eigenvalue weighted by atomic mass is 10.1. The van der Waals surface area contributed by atoms with Gasteiger partial charge in [-0.15, -0.1) is 5.10 Å². The van der Waals surface area contributed by atoms with Crippen molar-refractivity contribution in [3.8, 4) is 5.69 Å². The molecule has 0 fully saturated rings. The van der Waals surface area contributed by atoms with Gasteiger partial charge in [0.25, 0.3) is 0 Å². The number of carboxylic acids is 1. The second-order valence-corrected chi connectivity index (χ2v) is 4.53. The molecule has 0 aliphatic heterocycles. The number of hydrogen-bond donors (Lipinski definition) is 1. The van der Waals surface area contributed by atoms with Gasteiger partial charge in [0.1, 0.15) is 0 Å². The molecule has 1 N–H and O–H groups in total. The SMILES string of the molecule is CC(C(=O)O)c1cnnn1-c1cccc(Br)c1. The van der Waals surface area contributed by atoms with Gasteiger partial charge in [-0.05, 0) is 25.1 Å². The molecule has 2 rings (SSSR count). The Bertz CT molecular complexity index is 553. The largest absolute Gasteiger partial charge is 0.481 e. The first-order valence-electron chi connectivity index (χ1n) is 4.99. The minimum atomic E-state index is -0.899. The molecule has 6 heteroatoms. The van der Waals surface area contributed by atoms with E-state index in [1.54, 1.807) is 6.92 Å². The molecule has 0 radical (unpaired) electrons. The lowest BCUT2D eigenvalue weighted by Crippen LogP contribution is -2.13. The summed E-state index contributed by atoms with van der Waals surface area (Å²) < 4.78 is 2.43. The van der Waals surface area contributed by atoms with Gasteiger partial charge in [0, 0.05) is 4.47 Å². The molecule has 1 aromatic heterocycles. The van der Waals surface area contributed by atoms with Gasteiger partial charge in [0.15, 0.2) is 0 Å². The van der Waals surface area contributed by atoms with Crippen molar-refractivity contribution in [3.05, 3.63) is 40.6 Å². The summed E-state index contributed by atoms with van der Waals surface area (Å²) >= 11 is 3.36. The van der Waals surface area contributed by atoms with Crippen LogP contribution in [0.5, 0.6) is 0 Å². The summed E-state index contributed by atoms with van der Waals surface area (Å²) in [5.41, 5.74) is 1.33. The molecule has 0 bridgehead atoms. The van der Waals surface area contributed by atoms with Crippen LogP contribution in [0, 0.1) is 0 Å². The Morgan fingerprint density at radius 3 is 2.94 bits per heavy atom. The first kappa shape index (κ1) is 11.8. The zero-order valence-corrected chi connectivity index (χ0v) is 10.6. The van der Waals surface area contributed by atoms with E-state index in [4.69, 9.17) is 5.11 Å². The Hall–Kier alpha value is -1.69. The number of benzene rings is 1. The molecule has 1 atom stereocenters. The Kier molecular flexibility index (Phi) is 3.23. The molecular formula is C11H10BrN3O2. The maximum atomic E-state index is 11.0. The zero-order chi connectivity index (χ0) is 12.4. The van der Waals surface area contributed by atoms with Crippen LogP contribution in [-0.2, 0) is 4.79 Å². The van der Waals surface area contributed by atoms with Crippen molar-refractivity contribution in [3.63, 3.8) is 0 Å². The topological polar surface area (TPSA) is 68.0 Å². The van der Waals surface area contributed by atoms with Gasteiger partial charge >= 0.3 is 5.97 Å². The molecular weight excluding hydrogens is 286 g/mol. The van der Waals surface area contributed by atoms with Gasteiger partial charge in [-0.2, -0.15) is 0 Å². The number of carbonyl (C=O) groups is 1. The normalized spacial score (nSPS) is 12.4. The first-order valence-corrected chi connectivity index (χ1v) is 5.78. The fourth-order valence-corrected chi connectivity index (χ4v) is 1.86. The minimum Gasteiger partial charge on any atom is -0.481 e. The fraction of sp³-hybridized carbons (Fsp3) is 0.182. The third-order valence-electron chi connectivity index (χ3n) is 2.44. The van der Waals surface area contributed by atoms with E-state index in [-0.39, 0.29) is 0 Å². The van der Waals surface area contributed by atoms with E-state index in [9.17, 15) is 4.79 Å². The van der Waals surface area contributed by atoms with Crippen LogP contribution in [0.25, 0.3) is 5.69 Å². The quantitative estimate of drug-likeness (QED) is 0.943. The maximum absolute atomic E-state index is 11.0. The number of nitrogens with zero attached hydrogens (tertiary/aromatic N) is 3. The number of halogens is 1. The second kappa shape index (κ2) is 4.67. The number of aliphatic carboxylic acids is 1. The zero-order valence-electron chi connectivity index (χ0n) is 9.04. The van der Waals surface area contributed by atoms with Crippen molar-refractivity contribution in [1.82, 2.24) is 15.0 Å². The Morgan fingerprint density at radius 2 is 2.29 bits per heavy atom. The molecule has 1 heterocycles. The molecule has 0 spiro atoms. The predicted molar refractivity (Wildman–Crippen MR) is 65.1 cm³/mol. The number of aromatic nitrogens is 3. The molecule has 17 heavy (non-hydrogen) atoms. The maximum Gasteiger partial charge on any atom is 0.312 e. The fourth-order valence-electron chi connectivity index (χ4n) is 1.47. The standard InChI is InChI=1S/C11H10BrN3O2/c1-7(11(16)17)10-6-13-14-15(10)9-4-2-3-8(12)5-9/h2-7H,1H3,(H,16,17). The first-order chi connectivity index (χ1) is 8.09. The van der Waals surface area contributed by atoms with Gasteiger partial charge in [0.05, 0.1) is 23.5 Å². The minimum absolute atomic E-state index is 0.551. The Balaban J connectivity index is 2.47. The van der Waals surface area contributed by atoms with E-state index < -0.39 is 11.9 Å². The lowest BCUT2D eigenvalue weighted by molar-refractivity contribution is -0.138. The van der Waals surface area contributed by atoms with Gasteiger partial charge < -0.3 is 5.11 Å². The Morgan fingerprint density at radius 1 is 1.53 bits per heavy atom. The average molecular weight is 296 g/mol. The van der Waals surface area contributed by atoms with E-state index in [0.717, 1.165) is 10.2 Å². The average Bonchev–Trinajstić information content (AvgIpc) is 2.76. The monoisotopic (exact) mass is 295 g/mol. The molecule has 2 aromatic rings. The summed E-state index contributed by atoms with van der Waals surface area (Å²) in [7, 11) is 0. The van der Waals surface area contributed by atoms with Gasteiger partial charge in [-0.3, -0.25) is 4.79 Å². The molecule has 5 nitrogen and oxygen atoms in total. The van der Waals surface area contributed by atoms with E-state index in [0.29, 0.717) is 5.69 Å². The predicted octanol–water partition coefficient (Wildman–Crippen LogP) is 2.22. The molecule has 1 unspecified atom stereocenters. The van der Waals surface area contributed by atoms with Gasteiger partial charge in [-0.25, -0.2) is 4.68 Å². The highest BCUT2D eigenvalue weighted by molar-refractivity contribution is 9.10. The third-order valence-corrected chi connectivity index (χ3v) is 2.94. The van der Waals surface area contributed by atoms with Crippen LogP contribution in [0.2, 0.25) is 0 Å². The summed E-state index contributed by atoms with van der Waals surface area (Å²) in [6, 6.07) is 7.45. The van der Waals surface area contributed by atoms with Crippen LogP contribution in [0.15, 0.2) is 34.9 Å². The molecule has 0 amide bonds. The van der Waals surface area contributed by atoms with Crippen molar-refractivity contribution in [1.29, 1.82) is 0 Å². The smallest absolute Gasteiger partial charge is 0.312 e. The van der Waals surface area contributed by atoms with E-state index >= 15 is 0 Å². The van der Waals surface area contributed by atoms with Crippen molar-refractivity contribution in [2.24, 2.45) is 0 Å². The van der Waals surface area contributed by atoms with Crippen LogP contribution in [0.1, 0.15) is 18.5 Å².